The van der Waals surface area contributed by atoms with E-state index in [1.807, 2.05) is 0 Å². The van der Waals surface area contributed by atoms with Crippen molar-refractivity contribution < 1.29 is 14.3 Å². The van der Waals surface area contributed by atoms with Gasteiger partial charge < -0.3 is 15.2 Å². The standard InChI is InChI=1S/C9H16N4O3/c1-3-16-9(14)8-11-7(12-13-8)6(10)4-5-15-2/h6H,3-5,10H2,1-2H3,(H,11,12,13). The van der Waals surface area contributed by atoms with Crippen LogP contribution in [-0.2, 0) is 9.47 Å². The molecule has 1 heterocycles. The third-order valence-electron chi connectivity index (χ3n) is 1.94. The monoisotopic (exact) mass is 228 g/mol. The van der Waals surface area contributed by atoms with Gasteiger partial charge in [0, 0.05) is 13.7 Å². The molecule has 7 heteroatoms. The van der Waals surface area contributed by atoms with Crippen molar-refractivity contribution in [3.05, 3.63) is 11.6 Å². The highest BCUT2D eigenvalue weighted by Crippen LogP contribution is 2.08. The van der Waals surface area contributed by atoms with Crippen molar-refractivity contribution in [2.24, 2.45) is 5.73 Å². The molecule has 0 aliphatic carbocycles. The fourth-order valence-electron chi connectivity index (χ4n) is 1.11. The molecule has 0 amide bonds. The van der Waals surface area contributed by atoms with Gasteiger partial charge in [0.05, 0.1) is 12.6 Å². The average Bonchev–Trinajstić information content (AvgIpc) is 2.75. The summed E-state index contributed by atoms with van der Waals surface area (Å²) in [4.78, 5) is 15.2. The minimum atomic E-state index is -0.552. The second kappa shape index (κ2) is 6.19. The molecule has 0 radical (unpaired) electrons. The van der Waals surface area contributed by atoms with Crippen molar-refractivity contribution in [3.63, 3.8) is 0 Å². The number of nitrogens with two attached hydrogens (primary N) is 1. The summed E-state index contributed by atoms with van der Waals surface area (Å²) in [6, 6.07) is -0.323. The Morgan fingerprint density at radius 2 is 2.38 bits per heavy atom. The molecule has 3 N–H and O–H groups in total. The molecule has 1 aromatic heterocycles. The molecule has 1 unspecified atom stereocenters. The number of ether oxygens (including phenoxy) is 2. The lowest BCUT2D eigenvalue weighted by atomic mass is 10.2. The molecule has 0 aliphatic heterocycles. The number of hydrogen-bond donors (Lipinski definition) is 2. The number of H-pyrrole nitrogens is 1. The minimum Gasteiger partial charge on any atom is -0.460 e. The predicted molar refractivity (Wildman–Crippen MR) is 55.8 cm³/mol. The molecule has 0 bridgehead atoms. The first-order valence-electron chi connectivity index (χ1n) is 5.03. The maximum Gasteiger partial charge on any atom is 0.378 e. The van der Waals surface area contributed by atoms with Crippen molar-refractivity contribution in [3.8, 4) is 0 Å². The highest BCUT2D eigenvalue weighted by Gasteiger charge is 2.16. The molecule has 1 aromatic rings. The van der Waals surface area contributed by atoms with Crippen LogP contribution in [0.1, 0.15) is 35.8 Å². The zero-order valence-electron chi connectivity index (χ0n) is 9.40. The van der Waals surface area contributed by atoms with Crippen molar-refractivity contribution in [1.29, 1.82) is 0 Å². The molecular formula is C9H16N4O3. The Kier molecular flexibility index (Phi) is 4.87. The topological polar surface area (TPSA) is 103 Å². The van der Waals surface area contributed by atoms with E-state index in [9.17, 15) is 4.79 Å². The molecule has 0 aliphatic rings. The molecular weight excluding hydrogens is 212 g/mol. The number of nitrogens with one attached hydrogen (secondary N) is 1. The first-order chi connectivity index (χ1) is 7.69. The fourth-order valence-corrected chi connectivity index (χ4v) is 1.11. The summed E-state index contributed by atoms with van der Waals surface area (Å²) < 4.78 is 9.65. The second-order valence-electron chi connectivity index (χ2n) is 3.15. The number of hydrogen-bond acceptors (Lipinski definition) is 6. The summed E-state index contributed by atoms with van der Waals surface area (Å²) in [5.41, 5.74) is 5.80. The number of methoxy groups -OCH3 is 1. The highest BCUT2D eigenvalue weighted by molar-refractivity contribution is 5.84. The van der Waals surface area contributed by atoms with Gasteiger partial charge in [0.1, 0.15) is 5.82 Å². The van der Waals surface area contributed by atoms with E-state index < -0.39 is 5.97 Å². The molecule has 0 saturated carbocycles. The Balaban J connectivity index is 2.59. The summed E-state index contributed by atoms with van der Waals surface area (Å²) >= 11 is 0. The van der Waals surface area contributed by atoms with E-state index in [0.29, 0.717) is 25.5 Å². The quantitative estimate of drug-likeness (QED) is 0.665. The van der Waals surface area contributed by atoms with E-state index in [1.54, 1.807) is 14.0 Å². The van der Waals surface area contributed by atoms with Gasteiger partial charge in [-0.1, -0.05) is 0 Å². The lowest BCUT2D eigenvalue weighted by Gasteiger charge is -2.05. The van der Waals surface area contributed by atoms with E-state index in [4.69, 9.17) is 15.2 Å². The first-order valence-corrected chi connectivity index (χ1v) is 5.03. The molecule has 0 spiro atoms. The van der Waals surface area contributed by atoms with E-state index >= 15 is 0 Å². The van der Waals surface area contributed by atoms with Crippen molar-refractivity contribution >= 4 is 5.97 Å². The number of aromatic nitrogens is 3. The summed E-state index contributed by atoms with van der Waals surface area (Å²) in [6.07, 6.45) is 0.605. The van der Waals surface area contributed by atoms with Crippen molar-refractivity contribution in [2.75, 3.05) is 20.3 Å². The van der Waals surface area contributed by atoms with Crippen LogP contribution in [0.25, 0.3) is 0 Å². The van der Waals surface area contributed by atoms with Crippen LogP contribution in [0.4, 0.5) is 0 Å². The SMILES string of the molecule is CCOC(=O)c1n[nH]c(C(N)CCOC)n1. The van der Waals surface area contributed by atoms with Crippen LogP contribution >= 0.6 is 0 Å². The molecule has 16 heavy (non-hydrogen) atoms. The second-order valence-corrected chi connectivity index (χ2v) is 3.15. The lowest BCUT2D eigenvalue weighted by Crippen LogP contribution is -2.14. The Labute approximate surface area is 93.3 Å². The summed E-state index contributed by atoms with van der Waals surface area (Å²) in [7, 11) is 1.59. The van der Waals surface area contributed by atoms with Crippen molar-refractivity contribution in [1.82, 2.24) is 15.2 Å². The first kappa shape index (κ1) is 12.6. The van der Waals surface area contributed by atoms with Gasteiger partial charge >= 0.3 is 5.97 Å². The smallest absolute Gasteiger partial charge is 0.378 e. The van der Waals surface area contributed by atoms with Gasteiger partial charge in [-0.05, 0) is 13.3 Å². The fraction of sp³-hybridized carbons (Fsp3) is 0.667. The van der Waals surface area contributed by atoms with Gasteiger partial charge in [0.15, 0.2) is 0 Å². The maximum absolute atomic E-state index is 11.3. The summed E-state index contributed by atoms with van der Waals surface area (Å²) in [5.74, 6) is -0.0891. The predicted octanol–water partition coefficient (Wildman–Crippen LogP) is 0.0177. The summed E-state index contributed by atoms with van der Waals surface area (Å²) in [6.45, 7) is 2.53. The Morgan fingerprint density at radius 1 is 1.62 bits per heavy atom. The van der Waals surface area contributed by atoms with E-state index in [0.717, 1.165) is 0 Å². The molecule has 7 nitrogen and oxygen atoms in total. The van der Waals surface area contributed by atoms with Crippen LogP contribution < -0.4 is 5.73 Å². The summed E-state index contributed by atoms with van der Waals surface area (Å²) in [5, 5.41) is 6.34. The molecule has 0 aromatic carbocycles. The average molecular weight is 228 g/mol. The molecule has 0 saturated heterocycles. The van der Waals surface area contributed by atoms with Gasteiger partial charge in [-0.2, -0.15) is 0 Å². The van der Waals surface area contributed by atoms with Crippen LogP contribution in [0.5, 0.6) is 0 Å². The Hall–Kier alpha value is -1.47. The number of rotatable bonds is 6. The third-order valence-corrected chi connectivity index (χ3v) is 1.94. The Morgan fingerprint density at radius 3 is 3.00 bits per heavy atom. The number of aromatic amines is 1. The van der Waals surface area contributed by atoms with Crippen LogP contribution in [0.15, 0.2) is 0 Å². The van der Waals surface area contributed by atoms with Gasteiger partial charge in [-0.3, -0.25) is 5.10 Å². The number of esters is 1. The lowest BCUT2D eigenvalue weighted by molar-refractivity contribution is 0.0512. The van der Waals surface area contributed by atoms with Gasteiger partial charge in [0.2, 0.25) is 0 Å². The van der Waals surface area contributed by atoms with E-state index in [2.05, 4.69) is 15.2 Å². The molecule has 1 rings (SSSR count). The van der Waals surface area contributed by atoms with Gasteiger partial charge in [-0.15, -0.1) is 5.10 Å². The van der Waals surface area contributed by atoms with E-state index in [1.165, 1.54) is 0 Å². The van der Waals surface area contributed by atoms with E-state index in [-0.39, 0.29) is 11.9 Å². The number of carbonyl (C=O) groups excluding carboxylic acids is 1. The molecule has 90 valence electrons. The van der Waals surface area contributed by atoms with Gasteiger partial charge in [0.25, 0.3) is 5.82 Å². The number of nitrogens with zero attached hydrogens (tertiary/aromatic N) is 2. The van der Waals surface area contributed by atoms with Gasteiger partial charge in [-0.25, -0.2) is 9.78 Å². The molecule has 0 fully saturated rings. The van der Waals surface area contributed by atoms with Crippen LogP contribution in [-0.4, -0.2) is 41.5 Å². The van der Waals surface area contributed by atoms with Crippen molar-refractivity contribution in [2.45, 2.75) is 19.4 Å². The molecule has 1 atom stereocenters. The zero-order chi connectivity index (χ0) is 12.0. The normalized spacial score (nSPS) is 12.4. The maximum atomic E-state index is 11.3. The minimum absolute atomic E-state index is 0.00437. The zero-order valence-corrected chi connectivity index (χ0v) is 9.40. The number of carbonyl (C=O) groups is 1. The highest BCUT2D eigenvalue weighted by atomic mass is 16.5. The largest absolute Gasteiger partial charge is 0.460 e. The van der Waals surface area contributed by atoms with Crippen LogP contribution in [0, 0.1) is 0 Å². The van der Waals surface area contributed by atoms with Crippen LogP contribution in [0.3, 0.4) is 0 Å². The Bertz CT molecular complexity index is 339. The third kappa shape index (κ3) is 3.28. The van der Waals surface area contributed by atoms with Crippen LogP contribution in [0.2, 0.25) is 0 Å².